The van der Waals surface area contributed by atoms with Crippen molar-refractivity contribution >= 4 is 16.9 Å². The average Bonchev–Trinajstić information content (AvgIpc) is 2.86. The molecule has 0 unspecified atom stereocenters. The van der Waals surface area contributed by atoms with Gasteiger partial charge < -0.3 is 9.67 Å². The molecule has 0 bridgehead atoms. The van der Waals surface area contributed by atoms with Crippen molar-refractivity contribution in [3.8, 4) is 0 Å². The number of benzene rings is 2. The highest BCUT2D eigenvalue weighted by molar-refractivity contribution is 6.02. The van der Waals surface area contributed by atoms with Gasteiger partial charge in [0.25, 0.3) is 0 Å². The third kappa shape index (κ3) is 2.42. The molecule has 3 aromatic rings. The number of carboxylic acid groups (broad SMARTS) is 1. The van der Waals surface area contributed by atoms with Gasteiger partial charge in [-0.15, -0.1) is 0 Å². The molecule has 3 nitrogen and oxygen atoms in total. The van der Waals surface area contributed by atoms with E-state index in [4.69, 9.17) is 0 Å². The fourth-order valence-electron chi connectivity index (χ4n) is 2.65. The summed E-state index contributed by atoms with van der Waals surface area (Å²) in [5, 5.41) is 10.0. The van der Waals surface area contributed by atoms with Crippen molar-refractivity contribution in [1.29, 1.82) is 0 Å². The van der Waals surface area contributed by atoms with Crippen molar-refractivity contribution in [3.05, 3.63) is 70.9 Å². The van der Waals surface area contributed by atoms with Crippen molar-refractivity contribution in [2.45, 2.75) is 20.4 Å². The molecule has 0 aliphatic rings. The lowest BCUT2D eigenvalue weighted by atomic mass is 10.1. The first-order chi connectivity index (χ1) is 10.1. The Kier molecular flexibility index (Phi) is 3.26. The number of carboxylic acids is 1. The summed E-state index contributed by atoms with van der Waals surface area (Å²) in [7, 11) is 0. The Balaban J connectivity index is 2.03. The predicted molar refractivity (Wildman–Crippen MR) is 83.9 cm³/mol. The van der Waals surface area contributed by atoms with E-state index < -0.39 is 5.97 Å². The van der Waals surface area contributed by atoms with E-state index >= 15 is 0 Å². The highest BCUT2D eigenvalue weighted by Crippen LogP contribution is 2.22. The molecule has 0 saturated heterocycles. The second-order valence-corrected chi connectivity index (χ2v) is 5.41. The van der Waals surface area contributed by atoms with Crippen LogP contribution >= 0.6 is 0 Å². The summed E-state index contributed by atoms with van der Waals surface area (Å²) < 4.78 is 2.09. The van der Waals surface area contributed by atoms with Gasteiger partial charge in [-0.3, -0.25) is 0 Å². The Morgan fingerprint density at radius 3 is 2.62 bits per heavy atom. The Bertz CT molecular complexity index is 830. The Hall–Kier alpha value is -2.55. The Morgan fingerprint density at radius 1 is 1.10 bits per heavy atom. The first-order valence-corrected chi connectivity index (χ1v) is 6.93. The van der Waals surface area contributed by atoms with Gasteiger partial charge in [0.15, 0.2) is 0 Å². The zero-order valence-electron chi connectivity index (χ0n) is 12.1. The number of carbonyl (C=O) groups is 1. The summed E-state index contributed by atoms with van der Waals surface area (Å²) in [5.41, 5.74) is 5.08. The summed E-state index contributed by atoms with van der Waals surface area (Å²) in [4.78, 5) is 11.3. The standard InChI is InChI=1S/C18H17NO2/c1-12-6-7-14(10-13(12)2)11-19-9-8-15-16(18(20)21)4-3-5-17(15)19/h3-10H,11H2,1-2H3,(H,20,21). The maximum Gasteiger partial charge on any atom is 0.336 e. The van der Waals surface area contributed by atoms with E-state index in [9.17, 15) is 9.90 Å². The smallest absolute Gasteiger partial charge is 0.336 e. The largest absolute Gasteiger partial charge is 0.478 e. The number of hydrogen-bond donors (Lipinski definition) is 1. The molecule has 0 atom stereocenters. The van der Waals surface area contributed by atoms with Gasteiger partial charge in [-0.05, 0) is 48.7 Å². The monoisotopic (exact) mass is 279 g/mol. The molecule has 1 heterocycles. The second kappa shape index (κ2) is 5.09. The molecule has 1 aromatic heterocycles. The SMILES string of the molecule is Cc1ccc(Cn2ccc3c(C(=O)O)cccc32)cc1C. The van der Waals surface area contributed by atoms with Gasteiger partial charge >= 0.3 is 5.97 Å². The van der Waals surface area contributed by atoms with E-state index in [0.29, 0.717) is 5.56 Å². The first-order valence-electron chi connectivity index (χ1n) is 6.93. The molecule has 2 aromatic carbocycles. The van der Waals surface area contributed by atoms with Crippen LogP contribution < -0.4 is 0 Å². The summed E-state index contributed by atoms with van der Waals surface area (Å²) in [6, 6.07) is 13.7. The number of hydrogen-bond acceptors (Lipinski definition) is 1. The van der Waals surface area contributed by atoms with E-state index in [1.807, 2.05) is 18.3 Å². The highest BCUT2D eigenvalue weighted by atomic mass is 16.4. The quantitative estimate of drug-likeness (QED) is 0.787. The minimum Gasteiger partial charge on any atom is -0.478 e. The van der Waals surface area contributed by atoms with E-state index in [0.717, 1.165) is 17.4 Å². The lowest BCUT2D eigenvalue weighted by Crippen LogP contribution is -2.00. The Labute approximate surface area is 123 Å². The van der Waals surface area contributed by atoms with E-state index in [1.165, 1.54) is 16.7 Å². The topological polar surface area (TPSA) is 42.2 Å². The minimum atomic E-state index is -0.885. The van der Waals surface area contributed by atoms with Crippen LogP contribution in [-0.4, -0.2) is 15.6 Å². The molecule has 0 saturated carbocycles. The molecule has 0 aliphatic carbocycles. The zero-order valence-corrected chi connectivity index (χ0v) is 12.1. The molecule has 0 aliphatic heterocycles. The van der Waals surface area contributed by atoms with Crippen LogP contribution in [0.5, 0.6) is 0 Å². The molecule has 1 N–H and O–H groups in total. The van der Waals surface area contributed by atoms with Gasteiger partial charge in [-0.2, -0.15) is 0 Å². The summed E-state index contributed by atoms with van der Waals surface area (Å²) in [6.45, 7) is 4.95. The molecule has 3 heteroatoms. The molecule has 21 heavy (non-hydrogen) atoms. The molecule has 0 fully saturated rings. The third-order valence-corrected chi connectivity index (χ3v) is 3.97. The number of rotatable bonds is 3. The van der Waals surface area contributed by atoms with Crippen LogP contribution in [0.25, 0.3) is 10.9 Å². The van der Waals surface area contributed by atoms with Crippen LogP contribution in [0, 0.1) is 13.8 Å². The molecule has 0 spiro atoms. The fourth-order valence-corrected chi connectivity index (χ4v) is 2.65. The van der Waals surface area contributed by atoms with Crippen LogP contribution in [0.1, 0.15) is 27.0 Å². The third-order valence-electron chi connectivity index (χ3n) is 3.97. The number of fused-ring (bicyclic) bond motifs is 1. The lowest BCUT2D eigenvalue weighted by molar-refractivity contribution is 0.0699. The number of aryl methyl sites for hydroxylation is 2. The van der Waals surface area contributed by atoms with Crippen LogP contribution in [0.4, 0.5) is 0 Å². The van der Waals surface area contributed by atoms with Gasteiger partial charge in [-0.25, -0.2) is 4.79 Å². The molecule has 3 rings (SSSR count). The van der Waals surface area contributed by atoms with Crippen LogP contribution in [-0.2, 0) is 6.54 Å². The number of aromatic carboxylic acids is 1. The van der Waals surface area contributed by atoms with Crippen molar-refractivity contribution in [3.63, 3.8) is 0 Å². The average molecular weight is 279 g/mol. The summed E-state index contributed by atoms with van der Waals surface area (Å²) in [6.07, 6.45) is 1.95. The zero-order chi connectivity index (χ0) is 15.0. The van der Waals surface area contributed by atoms with Gasteiger partial charge in [0.2, 0.25) is 0 Å². The minimum absolute atomic E-state index is 0.353. The maximum absolute atomic E-state index is 11.3. The fraction of sp³-hybridized carbons (Fsp3) is 0.167. The highest BCUT2D eigenvalue weighted by Gasteiger charge is 2.10. The first kappa shape index (κ1) is 13.4. The van der Waals surface area contributed by atoms with Crippen LogP contribution in [0.15, 0.2) is 48.7 Å². The van der Waals surface area contributed by atoms with Gasteiger partial charge in [0.05, 0.1) is 5.56 Å². The van der Waals surface area contributed by atoms with Gasteiger partial charge in [-0.1, -0.05) is 24.3 Å². The Morgan fingerprint density at radius 2 is 1.90 bits per heavy atom. The van der Waals surface area contributed by atoms with E-state index in [2.05, 4.69) is 36.6 Å². The van der Waals surface area contributed by atoms with E-state index in [1.54, 1.807) is 12.1 Å². The summed E-state index contributed by atoms with van der Waals surface area (Å²) >= 11 is 0. The maximum atomic E-state index is 11.3. The number of aromatic nitrogens is 1. The van der Waals surface area contributed by atoms with Crippen LogP contribution in [0.2, 0.25) is 0 Å². The summed E-state index contributed by atoms with van der Waals surface area (Å²) in [5.74, 6) is -0.885. The predicted octanol–water partition coefficient (Wildman–Crippen LogP) is 4.00. The molecule has 0 amide bonds. The molecule has 106 valence electrons. The second-order valence-electron chi connectivity index (χ2n) is 5.41. The van der Waals surface area contributed by atoms with Crippen molar-refractivity contribution in [2.75, 3.05) is 0 Å². The van der Waals surface area contributed by atoms with Gasteiger partial charge in [0, 0.05) is 23.6 Å². The normalized spacial score (nSPS) is 11.0. The van der Waals surface area contributed by atoms with Crippen molar-refractivity contribution in [2.24, 2.45) is 0 Å². The van der Waals surface area contributed by atoms with Gasteiger partial charge in [0.1, 0.15) is 0 Å². The van der Waals surface area contributed by atoms with Crippen molar-refractivity contribution in [1.82, 2.24) is 4.57 Å². The number of nitrogens with zero attached hydrogens (tertiary/aromatic N) is 1. The van der Waals surface area contributed by atoms with Crippen molar-refractivity contribution < 1.29 is 9.90 Å². The van der Waals surface area contributed by atoms with Crippen LogP contribution in [0.3, 0.4) is 0 Å². The molecular weight excluding hydrogens is 262 g/mol. The van der Waals surface area contributed by atoms with E-state index in [-0.39, 0.29) is 0 Å². The molecular formula is C18H17NO2. The molecule has 0 radical (unpaired) electrons. The lowest BCUT2D eigenvalue weighted by Gasteiger charge is -2.08.